The molecule has 6 heteroatoms. The Hall–Kier alpha value is -1.56. The van der Waals surface area contributed by atoms with Crippen molar-refractivity contribution >= 4 is 17.5 Å². The fourth-order valence-corrected chi connectivity index (χ4v) is 1.48. The highest BCUT2D eigenvalue weighted by Gasteiger charge is 2.13. The fraction of sp³-hybridized carbons (Fsp3) is 0.250. The predicted molar refractivity (Wildman–Crippen MR) is 51.2 cm³/mol. The van der Waals surface area contributed by atoms with Crippen LogP contribution < -0.4 is 0 Å². The van der Waals surface area contributed by atoms with E-state index in [1.807, 2.05) is 6.92 Å². The van der Waals surface area contributed by atoms with Gasteiger partial charge in [-0.25, -0.2) is 0 Å². The first kappa shape index (κ1) is 9.01. The topological polar surface area (TPSA) is 60.7 Å². The summed E-state index contributed by atoms with van der Waals surface area (Å²) >= 11 is 1.03. The van der Waals surface area contributed by atoms with E-state index in [0.717, 1.165) is 18.3 Å². The first-order chi connectivity index (χ1) is 6.81. The van der Waals surface area contributed by atoms with Crippen molar-refractivity contribution in [3.8, 4) is 0 Å². The third-order valence-corrected chi connectivity index (χ3v) is 2.29. The lowest BCUT2D eigenvalue weighted by molar-refractivity contribution is 0.103. The summed E-state index contributed by atoms with van der Waals surface area (Å²) in [5, 5.41) is 4.02. The highest BCUT2D eigenvalue weighted by Crippen LogP contribution is 2.06. The van der Waals surface area contributed by atoms with Crippen LogP contribution in [0.3, 0.4) is 0 Å². The number of rotatable bonds is 3. The summed E-state index contributed by atoms with van der Waals surface area (Å²) in [7, 11) is 0. The molecule has 0 unspecified atom stereocenters. The number of ketones is 1. The van der Waals surface area contributed by atoms with Crippen LogP contribution in [-0.2, 0) is 6.54 Å². The van der Waals surface area contributed by atoms with Gasteiger partial charge in [0.2, 0.25) is 5.78 Å². The molecule has 0 radical (unpaired) electrons. The monoisotopic (exact) mass is 208 g/mol. The van der Waals surface area contributed by atoms with Gasteiger partial charge in [0, 0.05) is 12.7 Å². The normalized spacial score (nSPS) is 10.4. The standard InChI is InChI=1S/C8H8N4OS/c1-2-12-5-6(3-9-12)8(13)7-4-10-14-11-7/h3-5H,2H2,1H3. The minimum Gasteiger partial charge on any atom is -0.287 e. The summed E-state index contributed by atoms with van der Waals surface area (Å²) in [6.07, 6.45) is 4.73. The van der Waals surface area contributed by atoms with Gasteiger partial charge < -0.3 is 0 Å². The van der Waals surface area contributed by atoms with Crippen LogP contribution in [0.1, 0.15) is 23.0 Å². The van der Waals surface area contributed by atoms with E-state index >= 15 is 0 Å². The summed E-state index contributed by atoms with van der Waals surface area (Å²) in [5.74, 6) is -0.126. The number of carbonyl (C=O) groups excluding carboxylic acids is 1. The van der Waals surface area contributed by atoms with Crippen LogP contribution in [0.4, 0.5) is 0 Å². The van der Waals surface area contributed by atoms with Crippen molar-refractivity contribution in [3.63, 3.8) is 0 Å². The molecule has 0 saturated carbocycles. The van der Waals surface area contributed by atoms with Gasteiger partial charge in [0.1, 0.15) is 5.69 Å². The number of nitrogens with zero attached hydrogens (tertiary/aromatic N) is 4. The second kappa shape index (κ2) is 3.67. The largest absolute Gasteiger partial charge is 0.287 e. The predicted octanol–water partition coefficient (Wildman–Crippen LogP) is 0.985. The molecular weight excluding hydrogens is 200 g/mol. The molecule has 0 aliphatic carbocycles. The third kappa shape index (κ3) is 1.56. The van der Waals surface area contributed by atoms with Gasteiger partial charge >= 0.3 is 0 Å². The van der Waals surface area contributed by atoms with E-state index < -0.39 is 0 Å². The van der Waals surface area contributed by atoms with Gasteiger partial charge in [-0.15, -0.1) is 0 Å². The average molecular weight is 208 g/mol. The van der Waals surface area contributed by atoms with Crippen LogP contribution in [0, 0.1) is 0 Å². The van der Waals surface area contributed by atoms with Crippen LogP contribution in [-0.4, -0.2) is 24.3 Å². The second-order valence-electron chi connectivity index (χ2n) is 2.71. The molecular formula is C8H8N4OS. The highest BCUT2D eigenvalue weighted by molar-refractivity contribution is 6.99. The Labute approximate surface area is 84.7 Å². The Balaban J connectivity index is 2.28. The number of aromatic nitrogens is 4. The van der Waals surface area contributed by atoms with Gasteiger partial charge in [0.15, 0.2) is 0 Å². The van der Waals surface area contributed by atoms with E-state index in [1.54, 1.807) is 17.1 Å². The lowest BCUT2D eigenvalue weighted by Crippen LogP contribution is -2.00. The summed E-state index contributed by atoms with van der Waals surface area (Å²) < 4.78 is 9.35. The molecule has 14 heavy (non-hydrogen) atoms. The van der Waals surface area contributed by atoms with Crippen molar-refractivity contribution in [2.45, 2.75) is 13.5 Å². The Bertz CT molecular complexity index is 434. The first-order valence-electron chi connectivity index (χ1n) is 4.16. The zero-order chi connectivity index (χ0) is 9.97. The van der Waals surface area contributed by atoms with Gasteiger partial charge in [-0.1, -0.05) is 0 Å². The molecule has 0 aromatic carbocycles. The molecule has 0 aliphatic rings. The van der Waals surface area contributed by atoms with E-state index in [0.29, 0.717) is 11.3 Å². The molecule has 72 valence electrons. The number of hydrogen-bond acceptors (Lipinski definition) is 5. The van der Waals surface area contributed by atoms with E-state index in [2.05, 4.69) is 13.8 Å². The Morgan fingerprint density at radius 1 is 1.57 bits per heavy atom. The molecule has 5 nitrogen and oxygen atoms in total. The summed E-state index contributed by atoms with van der Waals surface area (Å²) in [6, 6.07) is 0. The Morgan fingerprint density at radius 2 is 2.43 bits per heavy atom. The molecule has 0 saturated heterocycles. The number of aryl methyl sites for hydroxylation is 1. The van der Waals surface area contributed by atoms with Crippen molar-refractivity contribution < 1.29 is 4.79 Å². The van der Waals surface area contributed by atoms with E-state index in [4.69, 9.17) is 0 Å². The van der Waals surface area contributed by atoms with Crippen molar-refractivity contribution in [1.29, 1.82) is 0 Å². The summed E-state index contributed by atoms with van der Waals surface area (Å²) in [5.41, 5.74) is 0.935. The van der Waals surface area contributed by atoms with Gasteiger partial charge in [-0.3, -0.25) is 9.48 Å². The fourth-order valence-electron chi connectivity index (χ4n) is 1.07. The van der Waals surface area contributed by atoms with Crippen molar-refractivity contribution in [1.82, 2.24) is 18.5 Å². The van der Waals surface area contributed by atoms with Crippen LogP contribution in [0.25, 0.3) is 0 Å². The van der Waals surface area contributed by atoms with Gasteiger partial charge in [0.05, 0.1) is 29.7 Å². The van der Waals surface area contributed by atoms with Crippen molar-refractivity contribution in [2.75, 3.05) is 0 Å². The molecule has 2 heterocycles. The summed E-state index contributed by atoms with van der Waals surface area (Å²) in [4.78, 5) is 11.7. The van der Waals surface area contributed by atoms with Crippen molar-refractivity contribution in [2.24, 2.45) is 0 Å². The minimum absolute atomic E-state index is 0.126. The molecule has 0 amide bonds. The zero-order valence-electron chi connectivity index (χ0n) is 7.54. The molecule has 0 aliphatic heterocycles. The van der Waals surface area contributed by atoms with E-state index in [1.165, 1.54) is 6.20 Å². The third-order valence-electron chi connectivity index (χ3n) is 1.81. The zero-order valence-corrected chi connectivity index (χ0v) is 8.36. The maximum Gasteiger partial charge on any atom is 0.217 e. The minimum atomic E-state index is -0.126. The maximum absolute atomic E-state index is 11.7. The molecule has 0 spiro atoms. The lowest BCUT2D eigenvalue weighted by atomic mass is 10.2. The highest BCUT2D eigenvalue weighted by atomic mass is 32.1. The average Bonchev–Trinajstić information content (AvgIpc) is 2.88. The van der Waals surface area contributed by atoms with Crippen LogP contribution >= 0.6 is 11.7 Å². The number of hydrogen-bond donors (Lipinski definition) is 0. The van der Waals surface area contributed by atoms with Gasteiger partial charge in [-0.2, -0.15) is 13.8 Å². The quantitative estimate of drug-likeness (QED) is 0.705. The van der Waals surface area contributed by atoms with Crippen molar-refractivity contribution in [3.05, 3.63) is 29.8 Å². The second-order valence-corrected chi connectivity index (χ2v) is 3.26. The van der Waals surface area contributed by atoms with Gasteiger partial charge in [-0.05, 0) is 6.92 Å². The Morgan fingerprint density at radius 3 is 3.00 bits per heavy atom. The molecule has 0 atom stereocenters. The molecule has 2 rings (SSSR count). The summed E-state index contributed by atoms with van der Waals surface area (Å²) in [6.45, 7) is 2.72. The lowest BCUT2D eigenvalue weighted by Gasteiger charge is -1.91. The number of carbonyl (C=O) groups is 1. The van der Waals surface area contributed by atoms with Crippen LogP contribution in [0.5, 0.6) is 0 Å². The first-order valence-corrected chi connectivity index (χ1v) is 4.89. The molecule has 2 aromatic heterocycles. The Kier molecular flexibility index (Phi) is 2.36. The molecule has 2 aromatic rings. The molecule has 0 N–H and O–H groups in total. The van der Waals surface area contributed by atoms with E-state index in [9.17, 15) is 4.79 Å². The van der Waals surface area contributed by atoms with E-state index in [-0.39, 0.29) is 5.78 Å². The van der Waals surface area contributed by atoms with Gasteiger partial charge in [0.25, 0.3) is 0 Å². The SMILES string of the molecule is CCn1cc(C(=O)c2cnsn2)cn1. The molecule has 0 fully saturated rings. The van der Waals surface area contributed by atoms with Crippen LogP contribution in [0.2, 0.25) is 0 Å². The molecule has 0 bridgehead atoms. The maximum atomic E-state index is 11.7. The van der Waals surface area contributed by atoms with Crippen LogP contribution in [0.15, 0.2) is 18.6 Å². The smallest absolute Gasteiger partial charge is 0.217 e.